The van der Waals surface area contributed by atoms with Gasteiger partial charge in [-0.05, 0) is 61.9 Å². The highest BCUT2D eigenvalue weighted by Gasteiger charge is 2.31. The molecule has 1 aromatic carbocycles. The molecule has 0 saturated carbocycles. The van der Waals surface area contributed by atoms with Gasteiger partial charge in [0.25, 0.3) is 0 Å². The lowest BCUT2D eigenvalue weighted by Gasteiger charge is -2.38. The van der Waals surface area contributed by atoms with Crippen LogP contribution in [0.5, 0.6) is 5.75 Å². The van der Waals surface area contributed by atoms with Gasteiger partial charge in [-0.15, -0.1) is 0 Å². The van der Waals surface area contributed by atoms with Crippen LogP contribution in [0.15, 0.2) is 24.3 Å². The average Bonchev–Trinajstić information content (AvgIpc) is 2.41. The number of hydrogen-bond donors (Lipinski definition) is 1. The minimum absolute atomic E-state index is 0.257. The molecule has 1 aromatic rings. The first-order valence-corrected chi connectivity index (χ1v) is 7.08. The van der Waals surface area contributed by atoms with E-state index in [2.05, 4.69) is 43.4 Å². The molecule has 0 unspecified atom stereocenters. The van der Waals surface area contributed by atoms with Crippen LogP contribution in [0.1, 0.15) is 39.2 Å². The largest absolute Gasteiger partial charge is 0.494 e. The third-order valence-corrected chi connectivity index (χ3v) is 4.27. The van der Waals surface area contributed by atoms with Crippen molar-refractivity contribution in [2.75, 3.05) is 19.7 Å². The van der Waals surface area contributed by atoms with E-state index in [0.717, 1.165) is 31.4 Å². The summed E-state index contributed by atoms with van der Waals surface area (Å²) in [6.07, 6.45) is 2.56. The normalized spacial score (nSPS) is 17.7. The van der Waals surface area contributed by atoms with Gasteiger partial charge >= 0.3 is 0 Å². The third kappa shape index (κ3) is 2.86. The molecule has 1 aliphatic rings. The highest BCUT2D eigenvalue weighted by molar-refractivity contribution is 5.32. The number of piperidine rings is 1. The fourth-order valence-electron chi connectivity index (χ4n) is 2.93. The van der Waals surface area contributed by atoms with Crippen LogP contribution in [0, 0.1) is 5.92 Å². The van der Waals surface area contributed by atoms with E-state index in [1.165, 1.54) is 18.4 Å². The summed E-state index contributed by atoms with van der Waals surface area (Å²) in [4.78, 5) is 0. The molecular weight excluding hydrogens is 222 g/mol. The van der Waals surface area contributed by atoms with Gasteiger partial charge in [-0.1, -0.05) is 26.0 Å². The Balaban J connectivity index is 2.12. The van der Waals surface area contributed by atoms with Crippen LogP contribution in [0.2, 0.25) is 0 Å². The summed E-state index contributed by atoms with van der Waals surface area (Å²) in [5.41, 5.74) is 1.69. The lowest BCUT2D eigenvalue weighted by atomic mass is 9.70. The van der Waals surface area contributed by atoms with Crippen LogP contribution in [-0.4, -0.2) is 19.7 Å². The second kappa shape index (κ2) is 5.75. The monoisotopic (exact) mass is 247 g/mol. The minimum atomic E-state index is 0.257. The summed E-state index contributed by atoms with van der Waals surface area (Å²) in [6, 6.07) is 8.66. The van der Waals surface area contributed by atoms with Crippen LogP contribution in [0.25, 0.3) is 0 Å². The Hall–Kier alpha value is -1.02. The molecule has 1 heterocycles. The summed E-state index contributed by atoms with van der Waals surface area (Å²) in [7, 11) is 0. The van der Waals surface area contributed by atoms with E-state index >= 15 is 0 Å². The Morgan fingerprint density at radius 3 is 2.33 bits per heavy atom. The molecule has 2 rings (SSSR count). The third-order valence-electron chi connectivity index (χ3n) is 4.27. The maximum absolute atomic E-state index is 5.51. The molecule has 1 fully saturated rings. The summed E-state index contributed by atoms with van der Waals surface area (Å²) in [6.45, 7) is 9.82. The van der Waals surface area contributed by atoms with Gasteiger partial charge in [0.05, 0.1) is 6.61 Å². The van der Waals surface area contributed by atoms with E-state index in [1.54, 1.807) is 0 Å². The van der Waals surface area contributed by atoms with E-state index < -0.39 is 0 Å². The van der Waals surface area contributed by atoms with Gasteiger partial charge in [0.15, 0.2) is 0 Å². The molecule has 100 valence electrons. The first-order chi connectivity index (χ1) is 8.64. The van der Waals surface area contributed by atoms with Crippen LogP contribution in [0.4, 0.5) is 0 Å². The van der Waals surface area contributed by atoms with Crippen LogP contribution >= 0.6 is 0 Å². The van der Waals surface area contributed by atoms with Crippen molar-refractivity contribution in [2.45, 2.75) is 39.0 Å². The molecule has 0 radical (unpaired) electrons. The Morgan fingerprint density at radius 1 is 1.17 bits per heavy atom. The van der Waals surface area contributed by atoms with Crippen molar-refractivity contribution < 1.29 is 4.74 Å². The maximum Gasteiger partial charge on any atom is 0.119 e. The smallest absolute Gasteiger partial charge is 0.119 e. The first-order valence-electron chi connectivity index (χ1n) is 7.08. The van der Waals surface area contributed by atoms with Crippen LogP contribution in [-0.2, 0) is 5.41 Å². The molecule has 1 aliphatic heterocycles. The molecule has 1 saturated heterocycles. The maximum atomic E-state index is 5.51. The second-order valence-electron chi connectivity index (χ2n) is 5.70. The van der Waals surface area contributed by atoms with Crippen LogP contribution in [0.3, 0.4) is 0 Å². The van der Waals surface area contributed by atoms with Gasteiger partial charge in [-0.25, -0.2) is 0 Å². The van der Waals surface area contributed by atoms with Crippen molar-refractivity contribution in [1.29, 1.82) is 0 Å². The quantitative estimate of drug-likeness (QED) is 0.881. The number of benzene rings is 1. The molecular formula is C16H25NO. The SMILES string of the molecule is CCOc1ccc(C(C)(C)C2CCNCC2)cc1. The molecule has 2 nitrogen and oxygen atoms in total. The molecule has 0 bridgehead atoms. The number of ether oxygens (including phenoxy) is 1. The van der Waals surface area contributed by atoms with E-state index in [0.29, 0.717) is 0 Å². The molecule has 18 heavy (non-hydrogen) atoms. The van der Waals surface area contributed by atoms with Crippen LogP contribution < -0.4 is 10.1 Å². The molecule has 0 spiro atoms. The van der Waals surface area contributed by atoms with E-state index in [9.17, 15) is 0 Å². The standard InChI is InChI=1S/C16H25NO/c1-4-18-15-7-5-13(6-8-15)16(2,3)14-9-11-17-12-10-14/h5-8,14,17H,4,9-12H2,1-3H3. The van der Waals surface area contributed by atoms with Crippen molar-refractivity contribution in [3.8, 4) is 5.75 Å². The zero-order chi connectivity index (χ0) is 13.0. The Kier molecular flexibility index (Phi) is 4.28. The predicted molar refractivity (Wildman–Crippen MR) is 76.2 cm³/mol. The molecule has 1 N–H and O–H groups in total. The zero-order valence-corrected chi connectivity index (χ0v) is 11.8. The molecule has 0 aromatic heterocycles. The summed E-state index contributed by atoms with van der Waals surface area (Å²) in [5.74, 6) is 1.75. The first kappa shape index (κ1) is 13.4. The Morgan fingerprint density at radius 2 is 1.78 bits per heavy atom. The summed E-state index contributed by atoms with van der Waals surface area (Å²) >= 11 is 0. The van der Waals surface area contributed by atoms with Gasteiger partial charge in [0.2, 0.25) is 0 Å². The minimum Gasteiger partial charge on any atom is -0.494 e. The van der Waals surface area contributed by atoms with Crippen molar-refractivity contribution >= 4 is 0 Å². The number of hydrogen-bond acceptors (Lipinski definition) is 2. The molecule has 2 heteroatoms. The summed E-state index contributed by atoms with van der Waals surface area (Å²) in [5, 5.41) is 3.44. The fraction of sp³-hybridized carbons (Fsp3) is 0.625. The van der Waals surface area contributed by atoms with Crippen molar-refractivity contribution in [3.63, 3.8) is 0 Å². The predicted octanol–water partition coefficient (Wildman–Crippen LogP) is 3.36. The molecule has 0 atom stereocenters. The lowest BCUT2D eigenvalue weighted by molar-refractivity contribution is 0.246. The Bertz CT molecular complexity index is 363. The van der Waals surface area contributed by atoms with E-state index in [1.807, 2.05) is 6.92 Å². The zero-order valence-electron chi connectivity index (χ0n) is 11.8. The topological polar surface area (TPSA) is 21.3 Å². The highest BCUT2D eigenvalue weighted by atomic mass is 16.5. The van der Waals surface area contributed by atoms with Gasteiger partial charge in [0, 0.05) is 0 Å². The van der Waals surface area contributed by atoms with Gasteiger partial charge in [0.1, 0.15) is 5.75 Å². The lowest BCUT2D eigenvalue weighted by Crippen LogP contribution is -2.38. The van der Waals surface area contributed by atoms with Crippen molar-refractivity contribution in [3.05, 3.63) is 29.8 Å². The van der Waals surface area contributed by atoms with Gasteiger partial charge in [-0.2, -0.15) is 0 Å². The number of rotatable bonds is 4. The summed E-state index contributed by atoms with van der Waals surface area (Å²) < 4.78 is 5.51. The average molecular weight is 247 g/mol. The Labute approximate surface area is 111 Å². The van der Waals surface area contributed by atoms with Crippen molar-refractivity contribution in [1.82, 2.24) is 5.32 Å². The van der Waals surface area contributed by atoms with E-state index in [4.69, 9.17) is 4.74 Å². The van der Waals surface area contributed by atoms with Gasteiger partial charge < -0.3 is 10.1 Å². The second-order valence-corrected chi connectivity index (χ2v) is 5.70. The fourth-order valence-corrected chi connectivity index (χ4v) is 2.93. The van der Waals surface area contributed by atoms with E-state index in [-0.39, 0.29) is 5.41 Å². The highest BCUT2D eigenvalue weighted by Crippen LogP contribution is 2.37. The van der Waals surface area contributed by atoms with Crippen molar-refractivity contribution in [2.24, 2.45) is 5.92 Å². The van der Waals surface area contributed by atoms with Gasteiger partial charge in [-0.3, -0.25) is 0 Å². The number of nitrogens with one attached hydrogen (secondary N) is 1. The molecule has 0 aliphatic carbocycles. The molecule has 0 amide bonds.